The summed E-state index contributed by atoms with van der Waals surface area (Å²) in [5.74, 6) is 0.882. The molecular weight excluding hydrogens is 286 g/mol. The summed E-state index contributed by atoms with van der Waals surface area (Å²) in [6.45, 7) is 0. The second-order valence-corrected chi connectivity index (χ2v) is 5.78. The van der Waals surface area contributed by atoms with Gasteiger partial charge in [0.05, 0.1) is 19.2 Å². The molecule has 0 aliphatic carbocycles. The van der Waals surface area contributed by atoms with Gasteiger partial charge in [-0.3, -0.25) is 5.43 Å². The molecule has 7 heteroatoms. The highest BCUT2D eigenvalue weighted by atomic mass is 32.1. The Hall–Kier alpha value is -1.83. The first-order chi connectivity index (χ1) is 10.3. The fourth-order valence-corrected chi connectivity index (χ4v) is 3.38. The summed E-state index contributed by atoms with van der Waals surface area (Å²) in [4.78, 5) is 2.06. The van der Waals surface area contributed by atoms with Crippen molar-refractivity contribution in [2.75, 3.05) is 7.11 Å². The highest BCUT2D eigenvalue weighted by Crippen LogP contribution is 2.33. The van der Waals surface area contributed by atoms with Crippen LogP contribution in [0.3, 0.4) is 0 Å². The van der Waals surface area contributed by atoms with Gasteiger partial charge in [-0.25, -0.2) is 10.9 Å². The van der Waals surface area contributed by atoms with E-state index in [0.29, 0.717) is 12.1 Å². The molecular formula is C14H17N5OS. The van der Waals surface area contributed by atoms with Crippen molar-refractivity contribution in [3.63, 3.8) is 0 Å². The molecule has 0 amide bonds. The van der Waals surface area contributed by atoms with E-state index in [1.54, 1.807) is 7.11 Å². The van der Waals surface area contributed by atoms with E-state index in [4.69, 9.17) is 17.0 Å². The summed E-state index contributed by atoms with van der Waals surface area (Å²) in [5, 5.41) is 2.89. The average molecular weight is 303 g/mol. The summed E-state index contributed by atoms with van der Waals surface area (Å²) in [7, 11) is 1.68. The van der Waals surface area contributed by atoms with E-state index >= 15 is 0 Å². The molecule has 0 radical (unpaired) electrons. The largest absolute Gasteiger partial charge is 0.497 e. The lowest BCUT2D eigenvalue weighted by molar-refractivity contribution is 0.153. The quantitative estimate of drug-likeness (QED) is 0.699. The Kier molecular flexibility index (Phi) is 2.99. The van der Waals surface area contributed by atoms with Crippen molar-refractivity contribution in [3.8, 4) is 5.75 Å². The van der Waals surface area contributed by atoms with Gasteiger partial charge in [0.15, 0.2) is 5.11 Å². The van der Waals surface area contributed by atoms with E-state index in [1.165, 1.54) is 5.56 Å². The lowest BCUT2D eigenvalue weighted by Crippen LogP contribution is -2.53. The number of thiocarbonyl (C=S) groups is 1. The van der Waals surface area contributed by atoms with Crippen molar-refractivity contribution < 1.29 is 4.74 Å². The molecule has 4 rings (SSSR count). The Morgan fingerprint density at radius 2 is 2.05 bits per heavy atom. The zero-order valence-electron chi connectivity index (χ0n) is 11.6. The van der Waals surface area contributed by atoms with E-state index in [1.807, 2.05) is 24.5 Å². The van der Waals surface area contributed by atoms with E-state index < -0.39 is 0 Å². The van der Waals surface area contributed by atoms with E-state index in [2.05, 4.69) is 38.3 Å². The minimum Gasteiger partial charge on any atom is -0.497 e. The molecule has 3 N–H and O–H groups in total. The highest BCUT2D eigenvalue weighted by Gasteiger charge is 2.44. The summed E-state index contributed by atoms with van der Waals surface area (Å²) in [6.07, 6.45) is 5.22. The molecule has 21 heavy (non-hydrogen) atoms. The summed E-state index contributed by atoms with van der Waals surface area (Å²) >= 11 is 5.28. The van der Waals surface area contributed by atoms with Gasteiger partial charge in [-0.15, -0.1) is 0 Å². The molecule has 2 saturated heterocycles. The maximum Gasteiger partial charge on any atom is 0.189 e. The predicted octanol–water partition coefficient (Wildman–Crippen LogP) is 0.821. The molecule has 0 saturated carbocycles. The predicted molar refractivity (Wildman–Crippen MR) is 82.8 cm³/mol. The Morgan fingerprint density at radius 3 is 2.81 bits per heavy atom. The number of hydrazine groups is 2. The lowest BCUT2D eigenvalue weighted by Gasteiger charge is -2.35. The van der Waals surface area contributed by atoms with Crippen LogP contribution in [0, 0.1) is 0 Å². The summed E-state index contributed by atoms with van der Waals surface area (Å²) in [6, 6.07) is 8.85. The monoisotopic (exact) mass is 303 g/mol. The molecule has 3 heterocycles. The maximum atomic E-state index is 5.28. The van der Waals surface area contributed by atoms with Crippen molar-refractivity contribution in [2.45, 2.75) is 24.7 Å². The van der Waals surface area contributed by atoms with Gasteiger partial charge in [0.25, 0.3) is 0 Å². The van der Waals surface area contributed by atoms with Crippen LogP contribution in [0.15, 0.2) is 36.7 Å². The minimum atomic E-state index is 0.165. The van der Waals surface area contributed by atoms with Crippen LogP contribution in [0.25, 0.3) is 0 Å². The Balaban J connectivity index is 1.54. The summed E-state index contributed by atoms with van der Waals surface area (Å²) in [5.41, 5.74) is 11.1. The Morgan fingerprint density at radius 1 is 1.24 bits per heavy atom. The first kappa shape index (κ1) is 12.9. The van der Waals surface area contributed by atoms with Crippen LogP contribution < -0.4 is 21.0 Å². The van der Waals surface area contributed by atoms with Gasteiger partial charge in [-0.05, 0) is 36.3 Å². The normalized spacial score (nSPS) is 30.1. The standard InChI is InChI=1S/C14H17N5OS/c1-20-10-4-2-9(3-5-10)11-8-12-13-15-16-14(21)18(13)6-7-19(12)17-11/h2-7,11-13,15,17H,8H2,1H3,(H,16,21). The van der Waals surface area contributed by atoms with Gasteiger partial charge in [-0.2, -0.15) is 0 Å². The fraction of sp³-hybridized carbons (Fsp3) is 0.357. The molecule has 110 valence electrons. The SMILES string of the molecule is COc1ccc(C2CC3C4NNC(=S)N4C=CN3N2)cc1. The third kappa shape index (κ3) is 2.05. The molecule has 0 aromatic heterocycles. The smallest absolute Gasteiger partial charge is 0.189 e. The van der Waals surface area contributed by atoms with Crippen LogP contribution in [0.2, 0.25) is 0 Å². The van der Waals surface area contributed by atoms with Crippen LogP contribution in [0.5, 0.6) is 5.75 Å². The molecule has 3 unspecified atom stereocenters. The van der Waals surface area contributed by atoms with Crippen molar-refractivity contribution in [3.05, 3.63) is 42.2 Å². The van der Waals surface area contributed by atoms with Crippen molar-refractivity contribution in [2.24, 2.45) is 0 Å². The van der Waals surface area contributed by atoms with Gasteiger partial charge in [0, 0.05) is 12.4 Å². The van der Waals surface area contributed by atoms with E-state index in [9.17, 15) is 0 Å². The molecule has 0 bridgehead atoms. The van der Waals surface area contributed by atoms with Gasteiger partial charge in [0.2, 0.25) is 0 Å². The van der Waals surface area contributed by atoms with Crippen molar-refractivity contribution >= 4 is 17.3 Å². The second kappa shape index (κ2) is 4.87. The van der Waals surface area contributed by atoms with Gasteiger partial charge >= 0.3 is 0 Å². The topological polar surface area (TPSA) is 51.8 Å². The van der Waals surface area contributed by atoms with Crippen LogP contribution in [-0.2, 0) is 0 Å². The molecule has 3 aliphatic heterocycles. The molecule has 3 atom stereocenters. The molecule has 2 fully saturated rings. The first-order valence-electron chi connectivity index (χ1n) is 6.97. The number of methoxy groups -OCH3 is 1. The third-order valence-electron chi connectivity index (χ3n) is 4.27. The third-order valence-corrected chi connectivity index (χ3v) is 4.58. The number of benzene rings is 1. The maximum absolute atomic E-state index is 5.28. The first-order valence-corrected chi connectivity index (χ1v) is 7.38. The summed E-state index contributed by atoms with van der Waals surface area (Å²) < 4.78 is 5.21. The number of ether oxygens (including phenoxy) is 1. The Bertz CT molecular complexity index is 590. The van der Waals surface area contributed by atoms with Gasteiger partial charge in [-0.1, -0.05) is 12.1 Å². The van der Waals surface area contributed by atoms with E-state index in [0.717, 1.165) is 17.3 Å². The van der Waals surface area contributed by atoms with Crippen LogP contribution in [0.1, 0.15) is 18.0 Å². The van der Waals surface area contributed by atoms with Crippen LogP contribution >= 0.6 is 12.2 Å². The molecule has 0 spiro atoms. The molecule has 1 aromatic carbocycles. The number of hydrogen-bond donors (Lipinski definition) is 3. The van der Waals surface area contributed by atoms with E-state index in [-0.39, 0.29) is 6.17 Å². The highest BCUT2D eigenvalue weighted by molar-refractivity contribution is 7.80. The molecule has 3 aliphatic rings. The number of nitrogens with one attached hydrogen (secondary N) is 3. The van der Waals surface area contributed by atoms with Gasteiger partial charge in [0.1, 0.15) is 11.9 Å². The van der Waals surface area contributed by atoms with Crippen LogP contribution in [-0.4, -0.2) is 34.3 Å². The zero-order chi connectivity index (χ0) is 14.4. The van der Waals surface area contributed by atoms with Crippen molar-refractivity contribution in [1.82, 2.24) is 26.2 Å². The number of rotatable bonds is 2. The number of fused-ring (bicyclic) bond motifs is 3. The Labute approximate surface area is 128 Å². The average Bonchev–Trinajstić information content (AvgIpc) is 3.11. The second-order valence-electron chi connectivity index (χ2n) is 5.39. The minimum absolute atomic E-state index is 0.165. The number of hydrogen-bond acceptors (Lipinski definition) is 5. The lowest BCUT2D eigenvalue weighted by atomic mass is 10.00. The fourth-order valence-electron chi connectivity index (χ4n) is 3.15. The molecule has 6 nitrogen and oxygen atoms in total. The van der Waals surface area contributed by atoms with Crippen molar-refractivity contribution in [1.29, 1.82) is 0 Å². The molecule has 1 aromatic rings. The zero-order valence-corrected chi connectivity index (χ0v) is 12.4. The van der Waals surface area contributed by atoms with Crippen LogP contribution in [0.4, 0.5) is 0 Å². The number of nitrogens with zero attached hydrogens (tertiary/aromatic N) is 2. The van der Waals surface area contributed by atoms with Gasteiger partial charge < -0.3 is 14.6 Å².